The number of aliphatic imine (C=N–C) groups is 1. The van der Waals surface area contributed by atoms with Gasteiger partial charge >= 0.3 is 0 Å². The fourth-order valence-corrected chi connectivity index (χ4v) is 2.12. The number of halogens is 1. The lowest BCUT2D eigenvalue weighted by molar-refractivity contribution is 0.185. The average molecular weight is 432 g/mol. The van der Waals surface area contributed by atoms with Crippen LogP contribution >= 0.6 is 24.0 Å². The third kappa shape index (κ3) is 9.43. The Morgan fingerprint density at radius 3 is 2.74 bits per heavy atom. The molecule has 1 heterocycles. The van der Waals surface area contributed by atoms with E-state index in [1.807, 2.05) is 12.1 Å². The molecule has 0 saturated heterocycles. The summed E-state index contributed by atoms with van der Waals surface area (Å²) in [6.45, 7) is 11.5. The summed E-state index contributed by atoms with van der Waals surface area (Å²) in [7, 11) is 1.74. The van der Waals surface area contributed by atoms with Crippen molar-refractivity contribution in [3.05, 3.63) is 36.5 Å². The molecule has 130 valence electrons. The van der Waals surface area contributed by atoms with Gasteiger partial charge < -0.3 is 15.4 Å². The predicted octanol–water partition coefficient (Wildman–Crippen LogP) is 3.36. The van der Waals surface area contributed by atoms with Gasteiger partial charge in [-0.25, -0.2) is 4.98 Å². The molecule has 0 fully saturated rings. The maximum absolute atomic E-state index is 5.87. The van der Waals surface area contributed by atoms with Gasteiger partial charge in [-0.05, 0) is 30.9 Å². The van der Waals surface area contributed by atoms with E-state index in [2.05, 4.69) is 48.0 Å². The Hall–Kier alpha value is -1.31. The maximum Gasteiger partial charge on any atom is 0.213 e. The molecule has 23 heavy (non-hydrogen) atoms. The second kappa shape index (κ2) is 12.2. The molecular formula is C17H29IN4O. The van der Waals surface area contributed by atoms with Crippen LogP contribution in [-0.2, 0) is 6.54 Å². The zero-order valence-corrected chi connectivity index (χ0v) is 16.8. The standard InChI is InChI=1S/C17H28N4O.HI/c1-6-8-20-17(18-5)21-12-15-7-9-19-16(11-15)22-14(4)10-13(2)3;/h6-7,9,11,13-14H,1,8,10,12H2,2-5H3,(H2,18,20,21);1H. The van der Waals surface area contributed by atoms with E-state index in [1.165, 1.54) is 0 Å². The van der Waals surface area contributed by atoms with Crippen LogP contribution in [0.4, 0.5) is 0 Å². The summed E-state index contributed by atoms with van der Waals surface area (Å²) in [5.41, 5.74) is 1.10. The van der Waals surface area contributed by atoms with E-state index >= 15 is 0 Å². The highest BCUT2D eigenvalue weighted by Gasteiger charge is 2.08. The first kappa shape index (κ1) is 21.7. The Balaban J connectivity index is 0.00000484. The molecule has 6 heteroatoms. The zero-order chi connectivity index (χ0) is 16.4. The van der Waals surface area contributed by atoms with Crippen molar-refractivity contribution in [3.63, 3.8) is 0 Å². The van der Waals surface area contributed by atoms with Crippen LogP contribution in [0.2, 0.25) is 0 Å². The Morgan fingerprint density at radius 1 is 1.39 bits per heavy atom. The van der Waals surface area contributed by atoms with Gasteiger partial charge in [-0.2, -0.15) is 0 Å². The monoisotopic (exact) mass is 432 g/mol. The van der Waals surface area contributed by atoms with Crippen molar-refractivity contribution in [2.75, 3.05) is 13.6 Å². The van der Waals surface area contributed by atoms with E-state index < -0.39 is 0 Å². The van der Waals surface area contributed by atoms with Crippen LogP contribution in [-0.4, -0.2) is 30.6 Å². The normalized spacial score (nSPS) is 12.3. The topological polar surface area (TPSA) is 58.5 Å². The van der Waals surface area contributed by atoms with E-state index in [0.717, 1.165) is 17.9 Å². The molecule has 0 aromatic carbocycles. The predicted molar refractivity (Wildman–Crippen MR) is 108 cm³/mol. The number of nitrogens with one attached hydrogen (secondary N) is 2. The zero-order valence-electron chi connectivity index (χ0n) is 14.5. The number of hydrogen-bond acceptors (Lipinski definition) is 3. The molecule has 0 aliphatic carbocycles. The summed E-state index contributed by atoms with van der Waals surface area (Å²) in [6, 6.07) is 3.93. The lowest BCUT2D eigenvalue weighted by Crippen LogP contribution is -2.36. The summed E-state index contributed by atoms with van der Waals surface area (Å²) < 4.78 is 5.87. The van der Waals surface area contributed by atoms with Crippen molar-refractivity contribution in [1.29, 1.82) is 0 Å². The maximum atomic E-state index is 5.87. The van der Waals surface area contributed by atoms with Crippen LogP contribution in [0, 0.1) is 5.92 Å². The van der Waals surface area contributed by atoms with Gasteiger partial charge in [0.1, 0.15) is 0 Å². The molecule has 1 unspecified atom stereocenters. The third-order valence-electron chi connectivity index (χ3n) is 3.02. The number of guanidine groups is 1. The van der Waals surface area contributed by atoms with Gasteiger partial charge in [0, 0.05) is 32.4 Å². The minimum atomic E-state index is 0. The molecule has 5 nitrogen and oxygen atoms in total. The summed E-state index contributed by atoms with van der Waals surface area (Å²) in [5, 5.41) is 6.37. The molecule has 1 atom stereocenters. The van der Waals surface area contributed by atoms with Crippen molar-refractivity contribution in [2.24, 2.45) is 10.9 Å². The minimum Gasteiger partial charge on any atom is -0.475 e. The molecule has 0 saturated carbocycles. The van der Waals surface area contributed by atoms with E-state index in [0.29, 0.717) is 24.9 Å². The second-order valence-corrected chi connectivity index (χ2v) is 5.66. The fraction of sp³-hybridized carbons (Fsp3) is 0.529. The molecule has 0 radical (unpaired) electrons. The van der Waals surface area contributed by atoms with Crippen molar-refractivity contribution in [2.45, 2.75) is 39.8 Å². The summed E-state index contributed by atoms with van der Waals surface area (Å²) in [6.07, 6.45) is 4.75. The van der Waals surface area contributed by atoms with Crippen LogP contribution in [0.3, 0.4) is 0 Å². The second-order valence-electron chi connectivity index (χ2n) is 5.66. The number of hydrogen-bond donors (Lipinski definition) is 2. The van der Waals surface area contributed by atoms with Crippen molar-refractivity contribution in [1.82, 2.24) is 15.6 Å². The molecular weight excluding hydrogens is 403 g/mol. The quantitative estimate of drug-likeness (QED) is 0.286. The Labute approximate surface area is 157 Å². The molecule has 1 aromatic rings. The number of pyridine rings is 1. The van der Waals surface area contributed by atoms with Crippen molar-refractivity contribution in [3.8, 4) is 5.88 Å². The number of ether oxygens (including phenoxy) is 1. The van der Waals surface area contributed by atoms with Gasteiger partial charge in [-0.3, -0.25) is 4.99 Å². The molecule has 1 aromatic heterocycles. The molecule has 0 bridgehead atoms. The van der Waals surface area contributed by atoms with Gasteiger partial charge in [0.15, 0.2) is 5.96 Å². The van der Waals surface area contributed by atoms with Crippen LogP contribution in [0.25, 0.3) is 0 Å². The van der Waals surface area contributed by atoms with E-state index in [1.54, 1.807) is 19.3 Å². The lowest BCUT2D eigenvalue weighted by atomic mass is 10.1. The number of nitrogens with zero attached hydrogens (tertiary/aromatic N) is 2. The van der Waals surface area contributed by atoms with Crippen LogP contribution in [0.15, 0.2) is 36.0 Å². The van der Waals surface area contributed by atoms with Crippen LogP contribution in [0.1, 0.15) is 32.8 Å². The van der Waals surface area contributed by atoms with Gasteiger partial charge in [0.05, 0.1) is 6.10 Å². The highest BCUT2D eigenvalue weighted by molar-refractivity contribution is 14.0. The first-order valence-electron chi connectivity index (χ1n) is 7.72. The van der Waals surface area contributed by atoms with Gasteiger partial charge in [-0.15, -0.1) is 30.6 Å². The molecule has 1 rings (SSSR count). The Kier molecular flexibility index (Phi) is 11.5. The van der Waals surface area contributed by atoms with Crippen LogP contribution in [0.5, 0.6) is 5.88 Å². The van der Waals surface area contributed by atoms with E-state index in [-0.39, 0.29) is 30.1 Å². The highest BCUT2D eigenvalue weighted by Crippen LogP contribution is 2.14. The molecule has 0 aliphatic heterocycles. The Bertz CT molecular complexity index is 491. The molecule has 0 amide bonds. The number of aromatic nitrogens is 1. The van der Waals surface area contributed by atoms with Crippen molar-refractivity contribution >= 4 is 29.9 Å². The summed E-state index contributed by atoms with van der Waals surface area (Å²) in [5.74, 6) is 2.02. The van der Waals surface area contributed by atoms with Crippen LogP contribution < -0.4 is 15.4 Å². The smallest absolute Gasteiger partial charge is 0.213 e. The van der Waals surface area contributed by atoms with E-state index in [4.69, 9.17) is 4.74 Å². The van der Waals surface area contributed by atoms with Crippen molar-refractivity contribution < 1.29 is 4.74 Å². The molecule has 2 N–H and O–H groups in total. The first-order valence-corrected chi connectivity index (χ1v) is 7.72. The van der Waals surface area contributed by atoms with Gasteiger partial charge in [-0.1, -0.05) is 19.9 Å². The largest absolute Gasteiger partial charge is 0.475 e. The fourth-order valence-electron chi connectivity index (χ4n) is 2.12. The first-order chi connectivity index (χ1) is 10.5. The average Bonchev–Trinajstić information content (AvgIpc) is 2.47. The summed E-state index contributed by atoms with van der Waals surface area (Å²) in [4.78, 5) is 8.42. The van der Waals surface area contributed by atoms with Gasteiger partial charge in [0.2, 0.25) is 5.88 Å². The third-order valence-corrected chi connectivity index (χ3v) is 3.02. The number of rotatable bonds is 8. The molecule has 0 spiro atoms. The van der Waals surface area contributed by atoms with E-state index in [9.17, 15) is 0 Å². The van der Waals surface area contributed by atoms with Gasteiger partial charge in [0.25, 0.3) is 0 Å². The highest BCUT2D eigenvalue weighted by atomic mass is 127. The molecule has 0 aliphatic rings. The lowest BCUT2D eigenvalue weighted by Gasteiger charge is -2.16. The SMILES string of the molecule is C=CCNC(=NC)NCc1ccnc(OC(C)CC(C)C)c1.I. The summed E-state index contributed by atoms with van der Waals surface area (Å²) >= 11 is 0. The minimum absolute atomic E-state index is 0. The Morgan fingerprint density at radius 2 is 2.13 bits per heavy atom.